The number of hydrazine groups is 1. The third-order valence-corrected chi connectivity index (χ3v) is 5.16. The maximum atomic E-state index is 12.6. The van der Waals surface area contributed by atoms with E-state index in [0.29, 0.717) is 12.4 Å². The van der Waals surface area contributed by atoms with Gasteiger partial charge in [0.2, 0.25) is 5.88 Å². The fraction of sp³-hybridized carbons (Fsp3) is 0.348. The molecule has 1 unspecified atom stereocenters. The second-order valence-corrected chi connectivity index (χ2v) is 7.58. The number of rotatable bonds is 12. The standard InChI is InChI=1S/C23H29N7O3/c1-3-15-7-9-16(10-8-15)21(19-13-27-19)29-22(31)17(24)14-30(25)12-11-26-23(32)18-5-4-6-20(28-18)33-2/h4-10,21,24H,3,11-14,25H2,1-2H3,(H,26,32)(H,29,31). The Hall–Kier alpha value is -3.63. The SMILES string of the molecule is CCc1ccc(C(NC(=O)C(=N)CN(N)CCNC(=O)c2cccc(OC)n2)C2=NC2)cc1. The number of aromatic nitrogens is 1. The van der Waals surface area contributed by atoms with Gasteiger partial charge in [0, 0.05) is 19.2 Å². The van der Waals surface area contributed by atoms with E-state index in [1.54, 1.807) is 18.2 Å². The van der Waals surface area contributed by atoms with E-state index in [4.69, 9.17) is 16.0 Å². The molecule has 1 aromatic heterocycles. The van der Waals surface area contributed by atoms with Gasteiger partial charge in [-0.25, -0.2) is 9.99 Å². The second-order valence-electron chi connectivity index (χ2n) is 7.58. The Labute approximate surface area is 192 Å². The third-order valence-electron chi connectivity index (χ3n) is 5.16. The van der Waals surface area contributed by atoms with Crippen molar-refractivity contribution in [3.05, 3.63) is 59.3 Å². The van der Waals surface area contributed by atoms with Crippen LogP contribution in [0.2, 0.25) is 0 Å². The molecule has 1 aromatic carbocycles. The number of aryl methyl sites for hydroxylation is 1. The molecule has 0 aliphatic carbocycles. The van der Waals surface area contributed by atoms with Gasteiger partial charge in [-0.1, -0.05) is 37.3 Å². The van der Waals surface area contributed by atoms with Gasteiger partial charge in [-0.15, -0.1) is 0 Å². The van der Waals surface area contributed by atoms with Gasteiger partial charge in [-0.3, -0.25) is 25.8 Å². The van der Waals surface area contributed by atoms with Crippen molar-refractivity contribution in [2.75, 3.05) is 33.3 Å². The molecule has 0 saturated carbocycles. The number of pyridine rings is 1. The van der Waals surface area contributed by atoms with Gasteiger partial charge in [0.25, 0.3) is 11.8 Å². The molecule has 1 aliphatic heterocycles. The van der Waals surface area contributed by atoms with Crippen molar-refractivity contribution in [1.29, 1.82) is 5.41 Å². The molecule has 3 rings (SSSR count). The van der Waals surface area contributed by atoms with Crippen LogP contribution in [0.25, 0.3) is 0 Å². The van der Waals surface area contributed by atoms with Crippen LogP contribution in [0.5, 0.6) is 5.88 Å². The van der Waals surface area contributed by atoms with E-state index < -0.39 is 5.91 Å². The lowest BCUT2D eigenvalue weighted by Gasteiger charge is -2.19. The van der Waals surface area contributed by atoms with Crippen molar-refractivity contribution in [3.8, 4) is 5.88 Å². The lowest BCUT2D eigenvalue weighted by Crippen LogP contribution is -2.46. The summed E-state index contributed by atoms with van der Waals surface area (Å²) < 4.78 is 5.01. The number of hydrogen-bond donors (Lipinski definition) is 4. The molecule has 1 aliphatic rings. The quantitative estimate of drug-likeness (QED) is 0.214. The van der Waals surface area contributed by atoms with E-state index >= 15 is 0 Å². The van der Waals surface area contributed by atoms with E-state index in [1.807, 2.05) is 24.3 Å². The first-order valence-electron chi connectivity index (χ1n) is 10.7. The van der Waals surface area contributed by atoms with Crippen LogP contribution in [0, 0.1) is 5.41 Å². The van der Waals surface area contributed by atoms with Gasteiger partial charge in [-0.2, -0.15) is 0 Å². The predicted octanol–water partition coefficient (Wildman–Crippen LogP) is 0.890. The van der Waals surface area contributed by atoms with Gasteiger partial charge in [-0.05, 0) is 23.6 Å². The van der Waals surface area contributed by atoms with Gasteiger partial charge in [0.15, 0.2) is 0 Å². The molecule has 33 heavy (non-hydrogen) atoms. The Kier molecular flexibility index (Phi) is 8.22. The lowest BCUT2D eigenvalue weighted by molar-refractivity contribution is -0.115. The molecular weight excluding hydrogens is 422 g/mol. The average molecular weight is 452 g/mol. The summed E-state index contributed by atoms with van der Waals surface area (Å²) in [5.74, 6) is 5.41. The molecule has 2 heterocycles. The van der Waals surface area contributed by atoms with Crippen LogP contribution in [0.3, 0.4) is 0 Å². The molecule has 0 bridgehead atoms. The molecular formula is C23H29N7O3. The summed E-state index contributed by atoms with van der Waals surface area (Å²) in [5, 5.41) is 15.0. The molecule has 1 atom stereocenters. The first-order valence-corrected chi connectivity index (χ1v) is 10.7. The highest BCUT2D eigenvalue weighted by molar-refractivity contribution is 6.38. The van der Waals surface area contributed by atoms with E-state index in [9.17, 15) is 9.59 Å². The smallest absolute Gasteiger partial charge is 0.270 e. The van der Waals surface area contributed by atoms with Crippen LogP contribution in [0.15, 0.2) is 47.5 Å². The van der Waals surface area contributed by atoms with Crippen molar-refractivity contribution in [3.63, 3.8) is 0 Å². The van der Waals surface area contributed by atoms with Gasteiger partial charge >= 0.3 is 0 Å². The number of amides is 2. The molecule has 2 amide bonds. The topological polar surface area (TPSA) is 146 Å². The number of nitrogens with zero attached hydrogens (tertiary/aromatic N) is 3. The Balaban J connectivity index is 1.45. The molecule has 2 aromatic rings. The first kappa shape index (κ1) is 24.0. The number of carbonyl (C=O) groups excluding carboxylic acids is 2. The number of hydrogen-bond acceptors (Lipinski definition) is 8. The second kappa shape index (κ2) is 11.3. The summed E-state index contributed by atoms with van der Waals surface area (Å²) in [6.07, 6.45) is 0.936. The fourth-order valence-corrected chi connectivity index (χ4v) is 3.16. The van der Waals surface area contributed by atoms with Crippen LogP contribution >= 0.6 is 0 Å². The number of nitrogens with one attached hydrogen (secondary N) is 3. The van der Waals surface area contributed by atoms with Crippen LogP contribution in [0.1, 0.15) is 34.6 Å². The monoisotopic (exact) mass is 451 g/mol. The number of methoxy groups -OCH3 is 1. The van der Waals surface area contributed by atoms with Crippen molar-refractivity contribution < 1.29 is 14.3 Å². The zero-order valence-electron chi connectivity index (χ0n) is 18.8. The van der Waals surface area contributed by atoms with E-state index in [1.165, 1.54) is 17.7 Å². The lowest BCUT2D eigenvalue weighted by atomic mass is 10.0. The number of aliphatic imine (C=N–C) groups is 1. The van der Waals surface area contributed by atoms with Crippen LogP contribution in [-0.4, -0.2) is 66.5 Å². The van der Waals surface area contributed by atoms with Gasteiger partial charge in [0.05, 0.1) is 32.0 Å². The Morgan fingerprint density at radius 3 is 2.61 bits per heavy atom. The van der Waals surface area contributed by atoms with Gasteiger partial charge in [0.1, 0.15) is 11.4 Å². The first-order chi connectivity index (χ1) is 15.9. The summed E-state index contributed by atoms with van der Waals surface area (Å²) in [6, 6.07) is 12.6. The zero-order chi connectivity index (χ0) is 23.8. The Morgan fingerprint density at radius 2 is 1.97 bits per heavy atom. The Bertz CT molecular complexity index is 1040. The Morgan fingerprint density at radius 1 is 1.24 bits per heavy atom. The van der Waals surface area contributed by atoms with Crippen LogP contribution < -0.4 is 21.2 Å². The van der Waals surface area contributed by atoms with Crippen molar-refractivity contribution in [1.82, 2.24) is 20.6 Å². The summed E-state index contributed by atoms with van der Waals surface area (Å²) in [6.45, 7) is 3.11. The van der Waals surface area contributed by atoms with E-state index in [0.717, 1.165) is 17.7 Å². The highest BCUT2D eigenvalue weighted by atomic mass is 16.5. The third kappa shape index (κ3) is 6.93. The molecule has 0 fully saturated rings. The number of ether oxygens (including phenoxy) is 1. The molecule has 0 saturated heterocycles. The van der Waals surface area contributed by atoms with E-state index in [-0.39, 0.29) is 43.0 Å². The largest absolute Gasteiger partial charge is 0.481 e. The van der Waals surface area contributed by atoms with Gasteiger partial charge < -0.3 is 15.4 Å². The minimum atomic E-state index is -0.505. The highest BCUT2D eigenvalue weighted by Crippen LogP contribution is 2.21. The maximum Gasteiger partial charge on any atom is 0.270 e. The minimum absolute atomic E-state index is 0.0624. The molecule has 10 heteroatoms. The van der Waals surface area contributed by atoms with Crippen molar-refractivity contribution >= 4 is 23.2 Å². The molecule has 174 valence electrons. The normalized spacial score (nSPS) is 13.2. The zero-order valence-corrected chi connectivity index (χ0v) is 18.8. The van der Waals surface area contributed by atoms with Crippen LogP contribution in [0.4, 0.5) is 0 Å². The summed E-state index contributed by atoms with van der Waals surface area (Å²) in [4.78, 5) is 33.1. The summed E-state index contributed by atoms with van der Waals surface area (Å²) >= 11 is 0. The number of benzene rings is 1. The highest BCUT2D eigenvalue weighted by Gasteiger charge is 2.27. The summed E-state index contributed by atoms with van der Waals surface area (Å²) in [7, 11) is 1.48. The van der Waals surface area contributed by atoms with E-state index in [2.05, 4.69) is 27.5 Å². The maximum absolute atomic E-state index is 12.6. The molecule has 0 spiro atoms. The number of carbonyl (C=O) groups is 2. The van der Waals surface area contributed by atoms with Crippen molar-refractivity contribution in [2.24, 2.45) is 10.8 Å². The van der Waals surface area contributed by atoms with Crippen LogP contribution in [-0.2, 0) is 11.2 Å². The molecule has 0 radical (unpaired) electrons. The average Bonchev–Trinajstić information content (AvgIpc) is 3.67. The summed E-state index contributed by atoms with van der Waals surface area (Å²) in [5.41, 5.74) is 3.09. The number of nitrogens with two attached hydrogens (primary N) is 1. The van der Waals surface area contributed by atoms with Crippen molar-refractivity contribution in [2.45, 2.75) is 19.4 Å². The fourth-order valence-electron chi connectivity index (χ4n) is 3.16. The minimum Gasteiger partial charge on any atom is -0.481 e. The molecule has 10 nitrogen and oxygen atoms in total. The predicted molar refractivity (Wildman–Crippen MR) is 126 cm³/mol. The molecule has 5 N–H and O–H groups in total.